The van der Waals surface area contributed by atoms with Gasteiger partial charge in [0.15, 0.2) is 5.13 Å². The second-order valence-electron chi connectivity index (χ2n) is 7.76. The van der Waals surface area contributed by atoms with Crippen LogP contribution in [0.1, 0.15) is 22.8 Å². The molecule has 0 radical (unpaired) electrons. The third-order valence-electron chi connectivity index (χ3n) is 5.02. The summed E-state index contributed by atoms with van der Waals surface area (Å²) in [6.07, 6.45) is 0. The highest BCUT2D eigenvalue weighted by atomic mass is 35.5. The number of nitrogens with one attached hydrogen (secondary N) is 2. The van der Waals surface area contributed by atoms with Gasteiger partial charge in [-0.15, -0.1) is 23.1 Å². The fourth-order valence-electron chi connectivity index (χ4n) is 3.22. The molecule has 3 aromatic carbocycles. The molecule has 5 nitrogen and oxygen atoms in total. The van der Waals surface area contributed by atoms with Crippen LogP contribution in [0.3, 0.4) is 0 Å². The Morgan fingerprint density at radius 3 is 2.49 bits per heavy atom. The molecule has 0 fully saturated rings. The fraction of sp³-hybridized carbons (Fsp3) is 0.115. The van der Waals surface area contributed by atoms with E-state index in [0.717, 1.165) is 16.0 Å². The number of hydrogen-bond donors (Lipinski definition) is 2. The second-order valence-corrected chi connectivity index (χ2v) is 10.9. The average molecular weight is 543 g/mol. The van der Waals surface area contributed by atoms with E-state index in [2.05, 4.69) is 15.6 Å². The number of thiazole rings is 1. The number of hydrogen-bond acceptors (Lipinski definition) is 5. The van der Waals surface area contributed by atoms with Crippen molar-refractivity contribution in [1.82, 2.24) is 4.98 Å². The first-order valence-corrected chi connectivity index (χ1v) is 13.2. The molecule has 2 amide bonds. The molecule has 1 heterocycles. The van der Waals surface area contributed by atoms with Gasteiger partial charge in [0.2, 0.25) is 5.91 Å². The highest BCUT2D eigenvalue weighted by Gasteiger charge is 2.17. The van der Waals surface area contributed by atoms with Crippen LogP contribution in [0, 0.1) is 6.92 Å². The summed E-state index contributed by atoms with van der Waals surface area (Å²) in [6, 6.07) is 20.0. The second kappa shape index (κ2) is 11.3. The van der Waals surface area contributed by atoms with E-state index in [4.69, 9.17) is 23.2 Å². The van der Waals surface area contributed by atoms with Crippen molar-refractivity contribution >= 4 is 68.9 Å². The summed E-state index contributed by atoms with van der Waals surface area (Å²) in [5.41, 5.74) is 3.76. The van der Waals surface area contributed by atoms with Crippen molar-refractivity contribution in [2.75, 3.05) is 10.6 Å². The summed E-state index contributed by atoms with van der Waals surface area (Å²) in [6.45, 7) is 3.78. The van der Waals surface area contributed by atoms with E-state index >= 15 is 0 Å². The number of aromatic nitrogens is 1. The molecule has 0 saturated carbocycles. The Bertz CT molecular complexity index is 1370. The number of aryl methyl sites for hydroxylation is 1. The molecule has 1 aromatic heterocycles. The first kappa shape index (κ1) is 25.3. The Hall–Kier alpha value is -2.84. The maximum Gasteiger partial charge on any atom is 0.255 e. The number of nitrogens with zero attached hydrogens (tertiary/aromatic N) is 1. The highest BCUT2D eigenvalue weighted by Crippen LogP contribution is 2.33. The topological polar surface area (TPSA) is 71.1 Å². The van der Waals surface area contributed by atoms with Crippen LogP contribution in [0.2, 0.25) is 10.0 Å². The number of benzene rings is 3. The van der Waals surface area contributed by atoms with Crippen molar-refractivity contribution in [3.8, 4) is 11.3 Å². The van der Waals surface area contributed by atoms with Gasteiger partial charge in [-0.2, -0.15) is 0 Å². The molecule has 0 saturated heterocycles. The number of carbonyl (C=O) groups is 2. The van der Waals surface area contributed by atoms with Crippen LogP contribution in [-0.4, -0.2) is 22.0 Å². The molecule has 0 aliphatic carbocycles. The van der Waals surface area contributed by atoms with Gasteiger partial charge in [-0.25, -0.2) is 4.98 Å². The Labute approximate surface area is 221 Å². The minimum absolute atomic E-state index is 0.157. The van der Waals surface area contributed by atoms with Crippen LogP contribution >= 0.6 is 46.3 Å². The SMILES string of the molecule is Cc1cccc(C(=O)Nc2ccc(SC(C)C(=O)Nc3nc(-c4ccc(Cl)cc4Cl)cs3)cc2)c1. The Kier molecular flexibility index (Phi) is 8.13. The lowest BCUT2D eigenvalue weighted by molar-refractivity contribution is -0.115. The molecule has 0 spiro atoms. The summed E-state index contributed by atoms with van der Waals surface area (Å²) in [5.74, 6) is -0.320. The Balaban J connectivity index is 1.33. The van der Waals surface area contributed by atoms with Gasteiger partial charge in [-0.3, -0.25) is 9.59 Å². The smallest absolute Gasteiger partial charge is 0.255 e. The van der Waals surface area contributed by atoms with Crippen molar-refractivity contribution in [2.24, 2.45) is 0 Å². The summed E-state index contributed by atoms with van der Waals surface area (Å²) >= 11 is 15.0. The Morgan fingerprint density at radius 1 is 1.00 bits per heavy atom. The van der Waals surface area contributed by atoms with Gasteiger partial charge >= 0.3 is 0 Å². The number of thioether (sulfide) groups is 1. The first-order chi connectivity index (χ1) is 16.8. The zero-order valence-corrected chi connectivity index (χ0v) is 22.0. The molecule has 178 valence electrons. The number of amides is 2. The summed E-state index contributed by atoms with van der Waals surface area (Å²) in [7, 11) is 0. The molecule has 35 heavy (non-hydrogen) atoms. The van der Waals surface area contributed by atoms with Crippen LogP contribution in [0.15, 0.2) is 77.0 Å². The minimum Gasteiger partial charge on any atom is -0.322 e. The van der Waals surface area contributed by atoms with Gasteiger partial charge in [-0.05, 0) is 68.4 Å². The molecule has 4 aromatic rings. The zero-order chi connectivity index (χ0) is 24.9. The molecule has 9 heteroatoms. The van der Waals surface area contributed by atoms with Gasteiger partial charge in [0.25, 0.3) is 5.91 Å². The molecule has 0 bridgehead atoms. The van der Waals surface area contributed by atoms with E-state index in [1.54, 1.807) is 24.3 Å². The first-order valence-electron chi connectivity index (χ1n) is 10.6. The van der Waals surface area contributed by atoms with Crippen molar-refractivity contribution in [3.63, 3.8) is 0 Å². The van der Waals surface area contributed by atoms with Crippen LogP contribution in [0.4, 0.5) is 10.8 Å². The van der Waals surface area contributed by atoms with Gasteiger partial charge in [0.1, 0.15) is 0 Å². The van der Waals surface area contributed by atoms with E-state index in [9.17, 15) is 9.59 Å². The molecular formula is C26H21Cl2N3O2S2. The number of halogens is 2. The van der Waals surface area contributed by atoms with Gasteiger partial charge < -0.3 is 10.6 Å². The molecular weight excluding hydrogens is 521 g/mol. The lowest BCUT2D eigenvalue weighted by Crippen LogP contribution is -2.22. The quantitative estimate of drug-likeness (QED) is 0.234. The largest absolute Gasteiger partial charge is 0.322 e. The molecule has 1 unspecified atom stereocenters. The zero-order valence-electron chi connectivity index (χ0n) is 18.8. The lowest BCUT2D eigenvalue weighted by Gasteiger charge is -2.11. The predicted octanol–water partition coefficient (Wildman–Crippen LogP) is 7.80. The average Bonchev–Trinajstić information content (AvgIpc) is 3.28. The number of carbonyl (C=O) groups excluding carboxylic acids is 2. The van der Waals surface area contributed by atoms with E-state index in [1.807, 2.05) is 61.7 Å². The van der Waals surface area contributed by atoms with Crippen molar-refractivity contribution < 1.29 is 9.59 Å². The molecule has 0 aliphatic rings. The minimum atomic E-state index is -0.353. The van der Waals surface area contributed by atoms with E-state index in [0.29, 0.717) is 32.1 Å². The third kappa shape index (κ3) is 6.64. The summed E-state index contributed by atoms with van der Waals surface area (Å²) < 4.78 is 0. The Morgan fingerprint density at radius 2 is 1.77 bits per heavy atom. The molecule has 4 rings (SSSR count). The monoisotopic (exact) mass is 541 g/mol. The lowest BCUT2D eigenvalue weighted by atomic mass is 10.1. The van der Waals surface area contributed by atoms with Gasteiger partial charge in [-0.1, -0.05) is 40.9 Å². The van der Waals surface area contributed by atoms with Crippen LogP contribution in [-0.2, 0) is 4.79 Å². The molecule has 1 atom stereocenters. The van der Waals surface area contributed by atoms with Gasteiger partial charge in [0, 0.05) is 32.1 Å². The summed E-state index contributed by atoms with van der Waals surface area (Å²) in [5, 5.41) is 8.80. The number of anilines is 2. The number of rotatable bonds is 7. The standard InChI is InChI=1S/C26H21Cl2N3O2S2/c1-15-4-3-5-17(12-15)25(33)29-19-7-9-20(10-8-19)35-16(2)24(32)31-26-30-23(14-34-26)21-11-6-18(27)13-22(21)28/h3-14,16H,1-2H3,(H,29,33)(H,30,31,32). The van der Waals surface area contributed by atoms with E-state index in [-0.39, 0.29) is 17.1 Å². The normalized spacial score (nSPS) is 11.7. The van der Waals surface area contributed by atoms with Gasteiger partial charge in [0.05, 0.1) is 16.0 Å². The van der Waals surface area contributed by atoms with E-state index in [1.165, 1.54) is 23.1 Å². The van der Waals surface area contributed by atoms with Crippen LogP contribution in [0.5, 0.6) is 0 Å². The van der Waals surface area contributed by atoms with E-state index < -0.39 is 0 Å². The van der Waals surface area contributed by atoms with Crippen molar-refractivity contribution in [1.29, 1.82) is 0 Å². The summed E-state index contributed by atoms with van der Waals surface area (Å²) in [4.78, 5) is 30.5. The molecule has 0 aliphatic heterocycles. The van der Waals surface area contributed by atoms with Crippen LogP contribution in [0.25, 0.3) is 11.3 Å². The molecule has 2 N–H and O–H groups in total. The highest BCUT2D eigenvalue weighted by molar-refractivity contribution is 8.00. The predicted molar refractivity (Wildman–Crippen MR) is 147 cm³/mol. The van der Waals surface area contributed by atoms with Crippen LogP contribution < -0.4 is 10.6 Å². The van der Waals surface area contributed by atoms with Crippen molar-refractivity contribution in [3.05, 3.63) is 93.3 Å². The van der Waals surface area contributed by atoms with Crippen molar-refractivity contribution in [2.45, 2.75) is 24.0 Å². The maximum atomic E-state index is 12.7. The third-order valence-corrected chi connectivity index (χ3v) is 7.43. The maximum absolute atomic E-state index is 12.7. The fourth-order valence-corrected chi connectivity index (χ4v) is 5.31.